The van der Waals surface area contributed by atoms with E-state index >= 15 is 0 Å². The predicted octanol–water partition coefficient (Wildman–Crippen LogP) is 0.0946. The first kappa shape index (κ1) is 7.49. The Balaban J connectivity index is 2.42. The molecule has 0 radical (unpaired) electrons. The maximum absolute atomic E-state index is 5.73. The number of aromatic nitrogens is 2. The highest BCUT2D eigenvalue weighted by atomic mass is 15.0. The summed E-state index contributed by atoms with van der Waals surface area (Å²) in [4.78, 5) is 8.16. The second kappa shape index (κ2) is 3.06. The van der Waals surface area contributed by atoms with Gasteiger partial charge in [-0.25, -0.2) is 9.97 Å². The lowest BCUT2D eigenvalue weighted by molar-refractivity contribution is 0.674. The summed E-state index contributed by atoms with van der Waals surface area (Å²) in [5.74, 6) is 0.642. The standard InChI is InChI=1S/C8H12N4/c9-8-6-2-1-3-10-4-7(6)11-5-12-8/h5,10H,1-4H2,(H2,9,11,12). The summed E-state index contributed by atoms with van der Waals surface area (Å²) in [5, 5.41) is 3.28. The molecule has 4 nitrogen and oxygen atoms in total. The van der Waals surface area contributed by atoms with Gasteiger partial charge < -0.3 is 11.1 Å². The van der Waals surface area contributed by atoms with Gasteiger partial charge in [-0.3, -0.25) is 0 Å². The lowest BCUT2D eigenvalue weighted by atomic mass is 10.1. The largest absolute Gasteiger partial charge is 0.383 e. The molecule has 0 amide bonds. The molecule has 2 heterocycles. The Kier molecular flexibility index (Phi) is 1.91. The highest BCUT2D eigenvalue weighted by molar-refractivity contribution is 5.41. The van der Waals surface area contributed by atoms with Crippen LogP contribution in [0.15, 0.2) is 6.33 Å². The molecular weight excluding hydrogens is 152 g/mol. The zero-order chi connectivity index (χ0) is 8.39. The van der Waals surface area contributed by atoms with Gasteiger partial charge in [-0.15, -0.1) is 0 Å². The minimum Gasteiger partial charge on any atom is -0.383 e. The highest BCUT2D eigenvalue weighted by Gasteiger charge is 2.11. The third kappa shape index (κ3) is 1.25. The van der Waals surface area contributed by atoms with Crippen molar-refractivity contribution in [1.82, 2.24) is 15.3 Å². The van der Waals surface area contributed by atoms with E-state index in [0.29, 0.717) is 5.82 Å². The smallest absolute Gasteiger partial charge is 0.130 e. The third-order valence-corrected chi connectivity index (χ3v) is 2.14. The van der Waals surface area contributed by atoms with E-state index in [0.717, 1.165) is 37.2 Å². The monoisotopic (exact) mass is 164 g/mol. The molecule has 3 N–H and O–H groups in total. The molecule has 1 aromatic rings. The van der Waals surface area contributed by atoms with Crippen LogP contribution in [0.2, 0.25) is 0 Å². The van der Waals surface area contributed by atoms with Crippen LogP contribution in [0.5, 0.6) is 0 Å². The molecule has 4 heteroatoms. The lowest BCUT2D eigenvalue weighted by Crippen LogP contribution is -2.13. The topological polar surface area (TPSA) is 63.8 Å². The molecule has 0 atom stereocenters. The molecule has 0 saturated heterocycles. The fourth-order valence-electron chi connectivity index (χ4n) is 1.49. The van der Waals surface area contributed by atoms with Crippen LogP contribution < -0.4 is 11.1 Å². The highest BCUT2D eigenvalue weighted by Crippen LogP contribution is 2.15. The summed E-state index contributed by atoms with van der Waals surface area (Å²) in [6, 6.07) is 0. The number of hydrogen-bond donors (Lipinski definition) is 2. The van der Waals surface area contributed by atoms with Crippen molar-refractivity contribution < 1.29 is 0 Å². The summed E-state index contributed by atoms with van der Waals surface area (Å²) in [6.45, 7) is 1.86. The Morgan fingerprint density at radius 1 is 1.42 bits per heavy atom. The molecule has 1 aliphatic heterocycles. The van der Waals surface area contributed by atoms with E-state index in [1.165, 1.54) is 6.33 Å². The van der Waals surface area contributed by atoms with Gasteiger partial charge in [0.2, 0.25) is 0 Å². The van der Waals surface area contributed by atoms with Gasteiger partial charge >= 0.3 is 0 Å². The average molecular weight is 164 g/mol. The molecule has 64 valence electrons. The summed E-state index contributed by atoms with van der Waals surface area (Å²) in [5.41, 5.74) is 7.91. The maximum Gasteiger partial charge on any atom is 0.130 e. The van der Waals surface area contributed by atoms with Crippen LogP contribution in [0.3, 0.4) is 0 Å². The Morgan fingerprint density at radius 3 is 3.25 bits per heavy atom. The Bertz CT molecular complexity index is 284. The zero-order valence-electron chi connectivity index (χ0n) is 6.88. The molecule has 2 rings (SSSR count). The van der Waals surface area contributed by atoms with Gasteiger partial charge in [0.05, 0.1) is 5.69 Å². The van der Waals surface area contributed by atoms with Crippen molar-refractivity contribution in [2.45, 2.75) is 19.4 Å². The van der Waals surface area contributed by atoms with Crippen LogP contribution in [-0.2, 0) is 13.0 Å². The van der Waals surface area contributed by atoms with E-state index in [1.54, 1.807) is 0 Å². The van der Waals surface area contributed by atoms with Crippen molar-refractivity contribution in [3.05, 3.63) is 17.6 Å². The van der Waals surface area contributed by atoms with Crippen molar-refractivity contribution >= 4 is 5.82 Å². The minimum absolute atomic E-state index is 0.642. The molecular formula is C8H12N4. The van der Waals surface area contributed by atoms with E-state index in [4.69, 9.17) is 5.73 Å². The van der Waals surface area contributed by atoms with Crippen molar-refractivity contribution in [2.24, 2.45) is 0 Å². The lowest BCUT2D eigenvalue weighted by Gasteiger charge is -2.04. The second-order valence-corrected chi connectivity index (χ2v) is 2.96. The van der Waals surface area contributed by atoms with Crippen LogP contribution in [0.4, 0.5) is 5.82 Å². The van der Waals surface area contributed by atoms with Crippen molar-refractivity contribution in [2.75, 3.05) is 12.3 Å². The van der Waals surface area contributed by atoms with Gasteiger partial charge in [0, 0.05) is 12.1 Å². The average Bonchev–Trinajstić information content (AvgIpc) is 2.30. The zero-order valence-corrected chi connectivity index (χ0v) is 6.88. The van der Waals surface area contributed by atoms with Crippen LogP contribution in [-0.4, -0.2) is 16.5 Å². The van der Waals surface area contributed by atoms with E-state index in [1.807, 2.05) is 0 Å². The molecule has 1 aliphatic rings. The quantitative estimate of drug-likeness (QED) is 0.570. The van der Waals surface area contributed by atoms with E-state index < -0.39 is 0 Å². The fourth-order valence-corrected chi connectivity index (χ4v) is 1.49. The molecule has 0 aromatic carbocycles. The molecule has 1 aromatic heterocycles. The molecule has 12 heavy (non-hydrogen) atoms. The number of anilines is 1. The van der Waals surface area contributed by atoms with Gasteiger partial charge in [-0.05, 0) is 19.4 Å². The van der Waals surface area contributed by atoms with Crippen molar-refractivity contribution in [1.29, 1.82) is 0 Å². The third-order valence-electron chi connectivity index (χ3n) is 2.14. The van der Waals surface area contributed by atoms with E-state index in [-0.39, 0.29) is 0 Å². The first-order chi connectivity index (χ1) is 5.88. The van der Waals surface area contributed by atoms with Gasteiger partial charge in [0.1, 0.15) is 12.1 Å². The maximum atomic E-state index is 5.73. The van der Waals surface area contributed by atoms with Crippen LogP contribution in [0, 0.1) is 0 Å². The number of nitrogens with zero attached hydrogens (tertiary/aromatic N) is 2. The molecule has 0 fully saturated rings. The number of nitrogens with one attached hydrogen (secondary N) is 1. The first-order valence-electron chi connectivity index (χ1n) is 4.17. The Morgan fingerprint density at radius 2 is 2.33 bits per heavy atom. The van der Waals surface area contributed by atoms with Crippen LogP contribution >= 0.6 is 0 Å². The molecule has 0 spiro atoms. The Labute approximate surface area is 71.2 Å². The van der Waals surface area contributed by atoms with E-state index in [2.05, 4.69) is 15.3 Å². The molecule has 0 bridgehead atoms. The van der Waals surface area contributed by atoms with Crippen LogP contribution in [0.1, 0.15) is 17.7 Å². The Hall–Kier alpha value is -1.16. The van der Waals surface area contributed by atoms with E-state index in [9.17, 15) is 0 Å². The number of fused-ring (bicyclic) bond motifs is 1. The van der Waals surface area contributed by atoms with Crippen LogP contribution in [0.25, 0.3) is 0 Å². The number of hydrogen-bond acceptors (Lipinski definition) is 4. The molecule has 0 saturated carbocycles. The number of rotatable bonds is 0. The normalized spacial score (nSPS) is 16.7. The van der Waals surface area contributed by atoms with Gasteiger partial charge in [0.25, 0.3) is 0 Å². The summed E-state index contributed by atoms with van der Waals surface area (Å²) in [7, 11) is 0. The molecule has 0 unspecified atom stereocenters. The number of nitrogens with two attached hydrogens (primary N) is 1. The minimum atomic E-state index is 0.642. The SMILES string of the molecule is Nc1ncnc2c1CCCNC2. The fraction of sp³-hybridized carbons (Fsp3) is 0.500. The first-order valence-corrected chi connectivity index (χ1v) is 4.17. The van der Waals surface area contributed by atoms with Crippen molar-refractivity contribution in [3.8, 4) is 0 Å². The van der Waals surface area contributed by atoms with Gasteiger partial charge in [-0.1, -0.05) is 0 Å². The summed E-state index contributed by atoms with van der Waals surface area (Å²) >= 11 is 0. The summed E-state index contributed by atoms with van der Waals surface area (Å²) in [6.07, 6.45) is 3.64. The molecule has 0 aliphatic carbocycles. The predicted molar refractivity (Wildman–Crippen MR) is 46.5 cm³/mol. The van der Waals surface area contributed by atoms with Gasteiger partial charge in [-0.2, -0.15) is 0 Å². The van der Waals surface area contributed by atoms with Gasteiger partial charge in [0.15, 0.2) is 0 Å². The number of nitrogen functional groups attached to an aromatic ring is 1. The van der Waals surface area contributed by atoms with Crippen molar-refractivity contribution in [3.63, 3.8) is 0 Å². The summed E-state index contributed by atoms with van der Waals surface area (Å²) < 4.78 is 0. The second-order valence-electron chi connectivity index (χ2n) is 2.96.